The molecule has 0 aromatic rings. The molecule has 0 saturated carbocycles. The summed E-state index contributed by atoms with van der Waals surface area (Å²) in [5, 5.41) is 20.0. The van der Waals surface area contributed by atoms with E-state index in [1.165, 1.54) is 0 Å². The molecule has 39 heavy (non-hydrogen) atoms. The van der Waals surface area contributed by atoms with Gasteiger partial charge in [0, 0.05) is 18.4 Å². The van der Waals surface area contributed by atoms with Gasteiger partial charge in [0.15, 0.2) is 0 Å². The number of rotatable bonds is 11. The fraction of sp³-hybridized carbons (Fsp3) is 0.588. The van der Waals surface area contributed by atoms with E-state index in [-0.39, 0.29) is 35.9 Å². The summed E-state index contributed by atoms with van der Waals surface area (Å²) in [5.74, 6) is -0.896. The molecule has 5 heteroatoms. The van der Waals surface area contributed by atoms with Gasteiger partial charge in [-0.05, 0) is 76.7 Å². The van der Waals surface area contributed by atoms with Crippen molar-refractivity contribution in [2.45, 2.75) is 112 Å². The van der Waals surface area contributed by atoms with Gasteiger partial charge in [0.2, 0.25) is 0 Å². The lowest BCUT2D eigenvalue weighted by molar-refractivity contribution is -0.151. The average Bonchev–Trinajstić information content (AvgIpc) is 2.85. The molecule has 218 valence electrons. The van der Waals surface area contributed by atoms with Crippen molar-refractivity contribution in [3.63, 3.8) is 0 Å². The van der Waals surface area contributed by atoms with E-state index >= 15 is 0 Å². The zero-order valence-corrected chi connectivity index (χ0v) is 25.3. The number of allylic oxidation sites excluding steroid dienone is 9. The maximum atomic E-state index is 12.4. The molecule has 0 fully saturated rings. The van der Waals surface area contributed by atoms with Crippen molar-refractivity contribution < 1.29 is 24.5 Å². The van der Waals surface area contributed by atoms with Crippen LogP contribution in [0.5, 0.6) is 0 Å². The van der Waals surface area contributed by atoms with Gasteiger partial charge in [-0.3, -0.25) is 4.79 Å². The van der Waals surface area contributed by atoms with Crippen molar-refractivity contribution in [1.82, 2.24) is 0 Å². The number of carboxylic acid groups (broad SMARTS) is 1. The Morgan fingerprint density at radius 3 is 2.44 bits per heavy atom. The summed E-state index contributed by atoms with van der Waals surface area (Å²) in [7, 11) is 0. The molecule has 0 aliphatic carbocycles. The summed E-state index contributed by atoms with van der Waals surface area (Å²) in [6, 6.07) is 0. The molecule has 0 bridgehead atoms. The summed E-state index contributed by atoms with van der Waals surface area (Å²) >= 11 is 0. The van der Waals surface area contributed by atoms with Crippen LogP contribution >= 0.6 is 0 Å². The van der Waals surface area contributed by atoms with Crippen molar-refractivity contribution in [2.75, 3.05) is 0 Å². The fourth-order valence-electron chi connectivity index (χ4n) is 4.82. The third kappa shape index (κ3) is 14.3. The summed E-state index contributed by atoms with van der Waals surface area (Å²) in [5.41, 5.74) is 3.37. The summed E-state index contributed by atoms with van der Waals surface area (Å²) in [6.45, 7) is 14.2. The van der Waals surface area contributed by atoms with Gasteiger partial charge in [0.1, 0.15) is 6.10 Å². The Labute approximate surface area is 237 Å². The van der Waals surface area contributed by atoms with Crippen LogP contribution in [-0.4, -0.2) is 34.4 Å². The Hall–Kier alpha value is -2.66. The van der Waals surface area contributed by atoms with Crippen molar-refractivity contribution >= 4 is 11.9 Å². The lowest BCUT2D eigenvalue weighted by Crippen LogP contribution is -2.24. The standard InChI is InChI=1S/C34H52O5/c1-8-13-29(35)21-20-25(4)14-11-15-26(5)22-27(6)23-31(34(37)38)30-17-12-19-33(36)39-32(24(2)3)18-10-9-16-28(30)7/h9-11,14-15,20,22-24,28-30,32,35H,8,12-13,16-19,21H2,1-7H3,(H,37,38)/b10-9+,14-11+,25-20+,26-15+,27-22+,31-23+/t28-,29-,30-,32+/m0/s1. The Bertz CT molecular complexity index is 960. The fourth-order valence-corrected chi connectivity index (χ4v) is 4.82. The zero-order valence-electron chi connectivity index (χ0n) is 25.3. The predicted octanol–water partition coefficient (Wildman–Crippen LogP) is 8.28. The van der Waals surface area contributed by atoms with E-state index in [2.05, 4.69) is 39.8 Å². The monoisotopic (exact) mass is 540 g/mol. The quantitative estimate of drug-likeness (QED) is 0.119. The van der Waals surface area contributed by atoms with E-state index in [9.17, 15) is 19.8 Å². The molecule has 0 aromatic heterocycles. The van der Waals surface area contributed by atoms with E-state index in [1.54, 1.807) is 6.08 Å². The topological polar surface area (TPSA) is 83.8 Å². The lowest BCUT2D eigenvalue weighted by atomic mass is 9.80. The van der Waals surface area contributed by atoms with E-state index in [0.29, 0.717) is 37.7 Å². The smallest absolute Gasteiger partial charge is 0.331 e. The minimum Gasteiger partial charge on any atom is -0.478 e. The highest BCUT2D eigenvalue weighted by Crippen LogP contribution is 2.31. The van der Waals surface area contributed by atoms with Crippen LogP contribution in [0.1, 0.15) is 99.8 Å². The van der Waals surface area contributed by atoms with Gasteiger partial charge in [-0.25, -0.2) is 4.79 Å². The number of hydrogen-bond acceptors (Lipinski definition) is 4. The number of ether oxygens (including phenoxy) is 1. The number of aliphatic carboxylic acids is 1. The number of aliphatic hydroxyl groups is 1. The molecule has 1 aliphatic rings. The highest BCUT2D eigenvalue weighted by Gasteiger charge is 2.27. The van der Waals surface area contributed by atoms with Gasteiger partial charge < -0.3 is 14.9 Å². The van der Waals surface area contributed by atoms with Crippen LogP contribution in [0.2, 0.25) is 0 Å². The van der Waals surface area contributed by atoms with Gasteiger partial charge in [0.25, 0.3) is 0 Å². The molecular formula is C34H52O5. The van der Waals surface area contributed by atoms with E-state index in [1.807, 2.05) is 51.2 Å². The molecule has 0 aromatic carbocycles. The zero-order chi connectivity index (χ0) is 29.4. The Morgan fingerprint density at radius 1 is 1.10 bits per heavy atom. The van der Waals surface area contributed by atoms with Gasteiger partial charge in [0.05, 0.1) is 6.10 Å². The molecule has 0 saturated heterocycles. The number of hydrogen-bond donors (Lipinski definition) is 2. The minimum absolute atomic E-state index is 0.119. The van der Waals surface area contributed by atoms with E-state index in [0.717, 1.165) is 36.0 Å². The molecule has 0 radical (unpaired) electrons. The second kappa shape index (κ2) is 18.6. The number of cyclic esters (lactones) is 1. The lowest BCUT2D eigenvalue weighted by Gasteiger charge is -2.26. The van der Waals surface area contributed by atoms with Gasteiger partial charge in [-0.15, -0.1) is 0 Å². The number of carbonyl (C=O) groups excluding carboxylic acids is 1. The van der Waals surface area contributed by atoms with Crippen molar-refractivity contribution in [2.24, 2.45) is 17.8 Å². The highest BCUT2D eigenvalue weighted by atomic mass is 16.5. The van der Waals surface area contributed by atoms with Crippen LogP contribution in [0, 0.1) is 17.8 Å². The van der Waals surface area contributed by atoms with Crippen LogP contribution < -0.4 is 0 Å². The van der Waals surface area contributed by atoms with Gasteiger partial charge in [-0.1, -0.05) is 93.4 Å². The van der Waals surface area contributed by atoms with Crippen molar-refractivity contribution in [3.8, 4) is 0 Å². The maximum Gasteiger partial charge on any atom is 0.331 e. The first kappa shape index (κ1) is 34.4. The largest absolute Gasteiger partial charge is 0.478 e. The number of aliphatic hydroxyl groups excluding tert-OH is 1. The molecule has 2 N–H and O–H groups in total. The first-order valence-corrected chi connectivity index (χ1v) is 14.6. The Morgan fingerprint density at radius 2 is 1.79 bits per heavy atom. The SMILES string of the molecule is CCC[C@H](O)C/C=C(C)/C=C/C=C(C)/C=C(C)/C=C(/C(=O)O)[C@H]1CCCC(=O)O[C@@H](C(C)C)C/C=C/C[C@@H]1C. The van der Waals surface area contributed by atoms with Crippen LogP contribution in [0.15, 0.2) is 70.9 Å². The number of carbonyl (C=O) groups is 2. The predicted molar refractivity (Wildman–Crippen MR) is 161 cm³/mol. The van der Waals surface area contributed by atoms with Crippen molar-refractivity contribution in [3.05, 3.63) is 70.9 Å². The van der Waals surface area contributed by atoms with Gasteiger partial charge in [-0.2, -0.15) is 0 Å². The third-order valence-corrected chi connectivity index (χ3v) is 7.19. The number of esters is 1. The molecule has 1 heterocycles. The molecule has 5 nitrogen and oxygen atoms in total. The summed E-state index contributed by atoms with van der Waals surface area (Å²) < 4.78 is 5.69. The van der Waals surface area contributed by atoms with Crippen LogP contribution in [0.3, 0.4) is 0 Å². The van der Waals surface area contributed by atoms with Gasteiger partial charge >= 0.3 is 11.9 Å². The first-order valence-electron chi connectivity index (χ1n) is 14.6. The summed E-state index contributed by atoms with van der Waals surface area (Å²) in [4.78, 5) is 24.8. The second-order valence-corrected chi connectivity index (χ2v) is 11.4. The normalized spacial score (nSPS) is 24.7. The molecule has 4 atom stereocenters. The average molecular weight is 541 g/mol. The van der Waals surface area contributed by atoms with E-state index < -0.39 is 5.97 Å². The second-order valence-electron chi connectivity index (χ2n) is 11.4. The summed E-state index contributed by atoms with van der Waals surface area (Å²) in [6.07, 6.45) is 21.0. The van der Waals surface area contributed by atoms with Crippen LogP contribution in [0.4, 0.5) is 0 Å². The van der Waals surface area contributed by atoms with Crippen molar-refractivity contribution in [1.29, 1.82) is 0 Å². The third-order valence-electron chi connectivity index (χ3n) is 7.19. The highest BCUT2D eigenvalue weighted by molar-refractivity contribution is 5.88. The Kier molecular flexibility index (Phi) is 16.4. The Balaban J connectivity index is 3.05. The van der Waals surface area contributed by atoms with Crippen LogP contribution in [-0.2, 0) is 14.3 Å². The molecular weight excluding hydrogens is 488 g/mol. The minimum atomic E-state index is -0.911. The molecule has 0 unspecified atom stereocenters. The first-order chi connectivity index (χ1) is 18.4. The number of carboxylic acids is 1. The molecule has 1 aliphatic heterocycles. The maximum absolute atomic E-state index is 12.4. The van der Waals surface area contributed by atoms with E-state index in [4.69, 9.17) is 4.74 Å². The molecule has 0 amide bonds. The van der Waals surface area contributed by atoms with Crippen LogP contribution in [0.25, 0.3) is 0 Å². The molecule has 1 rings (SSSR count). The molecule has 0 spiro atoms.